The molecule has 1 N–H and O–H groups in total. The van der Waals surface area contributed by atoms with E-state index in [9.17, 15) is 31.1 Å². The van der Waals surface area contributed by atoms with Gasteiger partial charge in [0.05, 0.1) is 22.8 Å². The highest BCUT2D eigenvalue weighted by molar-refractivity contribution is 7.90. The lowest BCUT2D eigenvalue weighted by atomic mass is 9.96. The Balaban J connectivity index is 2.22. The van der Waals surface area contributed by atoms with Gasteiger partial charge in [-0.1, -0.05) is 32.9 Å². The van der Waals surface area contributed by atoms with Gasteiger partial charge in [0.15, 0.2) is 15.7 Å². The summed E-state index contributed by atoms with van der Waals surface area (Å²) < 4.78 is 81.7. The zero-order valence-corrected chi connectivity index (χ0v) is 22.3. The second-order valence-corrected chi connectivity index (χ2v) is 13.8. The van der Waals surface area contributed by atoms with Crippen LogP contribution in [0.2, 0.25) is 0 Å². The van der Waals surface area contributed by atoms with Crippen LogP contribution in [0.1, 0.15) is 31.9 Å². The molecule has 13 heteroatoms. The van der Waals surface area contributed by atoms with E-state index in [0.29, 0.717) is 3.97 Å². The summed E-state index contributed by atoms with van der Waals surface area (Å²) in [4.78, 5) is 15.9. The largest absolute Gasteiger partial charge is 0.465 e. The molecular weight excluding hydrogens is 528 g/mol. The fraction of sp³-hybridized carbons (Fsp3) is 0.333. The molecule has 0 spiro atoms. The normalized spacial score (nSPS) is 12.5. The topological polar surface area (TPSA) is 127 Å². The smallest absolute Gasteiger partial charge is 0.407 e. The SMILES string of the molecule is CC(C)(C)CN(Cc1cn(S(=O)(=O)c2cccc(CS(C)(=O)=O)c2)c(-c2cccnc2F)c1F)C(=O)O. The highest BCUT2D eigenvalue weighted by Gasteiger charge is 2.31. The number of sulfone groups is 1. The number of benzene rings is 1. The number of carbonyl (C=O) groups is 1. The van der Waals surface area contributed by atoms with Gasteiger partial charge in [-0.15, -0.1) is 0 Å². The van der Waals surface area contributed by atoms with Crippen LogP contribution in [0.4, 0.5) is 13.6 Å². The number of rotatable bonds is 8. The first-order valence-electron chi connectivity index (χ1n) is 11.0. The molecule has 0 aliphatic carbocycles. The van der Waals surface area contributed by atoms with E-state index in [4.69, 9.17) is 0 Å². The summed E-state index contributed by atoms with van der Waals surface area (Å²) in [6.07, 6.45) is 1.68. The molecule has 0 aliphatic heterocycles. The van der Waals surface area contributed by atoms with Gasteiger partial charge in [0.25, 0.3) is 10.0 Å². The van der Waals surface area contributed by atoms with Gasteiger partial charge < -0.3 is 10.0 Å². The Hall–Kier alpha value is -3.32. The molecule has 0 unspecified atom stereocenters. The van der Waals surface area contributed by atoms with Crippen LogP contribution in [-0.2, 0) is 32.2 Å². The van der Waals surface area contributed by atoms with E-state index in [1.165, 1.54) is 24.3 Å². The third kappa shape index (κ3) is 6.72. The van der Waals surface area contributed by atoms with Crippen molar-refractivity contribution in [2.45, 2.75) is 38.0 Å². The van der Waals surface area contributed by atoms with Crippen molar-refractivity contribution in [1.82, 2.24) is 13.9 Å². The van der Waals surface area contributed by atoms with Gasteiger partial charge in [-0.25, -0.2) is 35.0 Å². The van der Waals surface area contributed by atoms with E-state index in [1.54, 1.807) is 20.8 Å². The van der Waals surface area contributed by atoms with E-state index in [0.717, 1.165) is 35.7 Å². The first-order chi connectivity index (χ1) is 17.0. The third-order valence-corrected chi connectivity index (χ3v) is 7.69. The van der Waals surface area contributed by atoms with Gasteiger partial charge in [0.1, 0.15) is 5.69 Å². The van der Waals surface area contributed by atoms with Crippen LogP contribution in [0.3, 0.4) is 0 Å². The summed E-state index contributed by atoms with van der Waals surface area (Å²) >= 11 is 0. The standard InChI is InChI=1S/C24H27F2N3O6S2/c1-24(2,3)15-28(23(30)31)12-17-13-29(21(20(17)25)19-9-6-10-27-22(19)26)37(34,35)18-8-5-7-16(11-18)14-36(4,32)33/h5-11,13H,12,14-15H2,1-4H3,(H,30,31). The first kappa shape index (κ1) is 28.3. The zero-order chi connectivity index (χ0) is 27.8. The molecule has 0 saturated heterocycles. The second-order valence-electron chi connectivity index (χ2n) is 9.88. The van der Waals surface area contributed by atoms with Crippen LogP contribution < -0.4 is 0 Å². The van der Waals surface area contributed by atoms with Gasteiger partial charge in [0.2, 0.25) is 5.95 Å². The van der Waals surface area contributed by atoms with Crippen LogP contribution in [0.25, 0.3) is 11.3 Å². The molecule has 3 aromatic rings. The van der Waals surface area contributed by atoms with Crippen LogP contribution in [-0.4, -0.2) is 54.7 Å². The minimum Gasteiger partial charge on any atom is -0.465 e. The van der Waals surface area contributed by atoms with Crippen molar-refractivity contribution < 1.29 is 35.5 Å². The minimum absolute atomic E-state index is 0.0177. The molecule has 200 valence electrons. The Morgan fingerprint density at radius 3 is 2.35 bits per heavy atom. The van der Waals surface area contributed by atoms with Gasteiger partial charge in [-0.05, 0) is 35.2 Å². The molecule has 3 rings (SSSR count). The summed E-state index contributed by atoms with van der Waals surface area (Å²) in [6.45, 7) is 4.88. The van der Waals surface area contributed by atoms with E-state index in [-0.39, 0.29) is 22.6 Å². The minimum atomic E-state index is -4.58. The van der Waals surface area contributed by atoms with Crippen LogP contribution in [0.15, 0.2) is 53.7 Å². The van der Waals surface area contributed by atoms with Gasteiger partial charge in [-0.2, -0.15) is 4.39 Å². The van der Waals surface area contributed by atoms with E-state index >= 15 is 4.39 Å². The number of nitrogens with zero attached hydrogens (tertiary/aromatic N) is 3. The Labute approximate surface area is 214 Å². The summed E-state index contributed by atoms with van der Waals surface area (Å²) in [7, 11) is -8.06. The third-order valence-electron chi connectivity index (χ3n) is 5.18. The number of hydrogen-bond acceptors (Lipinski definition) is 6. The molecule has 1 aromatic carbocycles. The second kappa shape index (κ2) is 10.2. The lowest BCUT2D eigenvalue weighted by molar-refractivity contribution is 0.122. The Bertz CT molecular complexity index is 1540. The molecule has 2 aromatic heterocycles. The quantitative estimate of drug-likeness (QED) is 0.414. The molecular formula is C24H27F2N3O6S2. The highest BCUT2D eigenvalue weighted by Crippen LogP contribution is 2.33. The van der Waals surface area contributed by atoms with Crippen molar-refractivity contribution in [3.63, 3.8) is 0 Å². The van der Waals surface area contributed by atoms with Crippen molar-refractivity contribution in [3.05, 3.63) is 71.7 Å². The maximum atomic E-state index is 15.8. The molecule has 0 fully saturated rings. The van der Waals surface area contributed by atoms with Gasteiger partial charge in [0, 0.05) is 30.8 Å². The Morgan fingerprint density at radius 2 is 1.78 bits per heavy atom. The fourth-order valence-corrected chi connectivity index (χ4v) is 6.04. The molecule has 9 nitrogen and oxygen atoms in total. The maximum Gasteiger partial charge on any atom is 0.407 e. The fourth-order valence-electron chi connectivity index (χ4n) is 3.79. The number of aromatic nitrogens is 2. The average molecular weight is 556 g/mol. The van der Waals surface area contributed by atoms with Gasteiger partial charge >= 0.3 is 6.09 Å². The number of amides is 1. The lowest BCUT2D eigenvalue weighted by Gasteiger charge is -2.27. The Kier molecular flexibility index (Phi) is 7.80. The highest BCUT2D eigenvalue weighted by atomic mass is 32.2. The maximum absolute atomic E-state index is 15.8. The number of pyridine rings is 1. The van der Waals surface area contributed by atoms with E-state index in [1.807, 2.05) is 0 Å². The molecule has 0 bridgehead atoms. The molecule has 0 radical (unpaired) electrons. The lowest BCUT2D eigenvalue weighted by Crippen LogP contribution is -2.36. The monoisotopic (exact) mass is 555 g/mol. The first-order valence-corrected chi connectivity index (χ1v) is 14.5. The van der Waals surface area contributed by atoms with Crippen molar-refractivity contribution >= 4 is 26.0 Å². The number of hydrogen-bond donors (Lipinski definition) is 1. The van der Waals surface area contributed by atoms with Crippen LogP contribution in [0.5, 0.6) is 0 Å². The van der Waals surface area contributed by atoms with Crippen molar-refractivity contribution in [2.75, 3.05) is 12.8 Å². The Morgan fingerprint density at radius 1 is 1.11 bits per heavy atom. The molecule has 0 saturated carbocycles. The zero-order valence-electron chi connectivity index (χ0n) is 20.6. The number of carboxylic acid groups (broad SMARTS) is 1. The average Bonchev–Trinajstić information content (AvgIpc) is 3.08. The summed E-state index contributed by atoms with van der Waals surface area (Å²) in [6, 6.07) is 7.57. The molecule has 0 aliphatic rings. The predicted molar refractivity (Wildman–Crippen MR) is 133 cm³/mol. The van der Waals surface area contributed by atoms with Crippen LogP contribution in [0, 0.1) is 17.2 Å². The van der Waals surface area contributed by atoms with Crippen LogP contribution >= 0.6 is 0 Å². The summed E-state index contributed by atoms with van der Waals surface area (Å²) in [5, 5.41) is 9.65. The van der Waals surface area contributed by atoms with E-state index < -0.39 is 66.7 Å². The summed E-state index contributed by atoms with van der Waals surface area (Å²) in [5.74, 6) is -2.67. The van der Waals surface area contributed by atoms with E-state index in [2.05, 4.69) is 4.98 Å². The molecule has 37 heavy (non-hydrogen) atoms. The molecule has 0 atom stereocenters. The van der Waals surface area contributed by atoms with Crippen molar-refractivity contribution in [1.29, 1.82) is 0 Å². The predicted octanol–water partition coefficient (Wildman–Crippen LogP) is 4.14. The van der Waals surface area contributed by atoms with Gasteiger partial charge in [-0.3, -0.25) is 0 Å². The summed E-state index contributed by atoms with van der Waals surface area (Å²) in [5.41, 5.74) is -1.69. The molecule has 1 amide bonds. The van der Waals surface area contributed by atoms with Crippen molar-refractivity contribution in [3.8, 4) is 11.3 Å². The molecule has 2 heterocycles. The number of halogens is 2. The van der Waals surface area contributed by atoms with Crippen molar-refractivity contribution in [2.24, 2.45) is 5.41 Å².